The molecule has 0 saturated heterocycles. The van der Waals surface area contributed by atoms with Crippen molar-refractivity contribution in [2.75, 3.05) is 4.90 Å². The molecule has 0 spiro atoms. The molecule has 8 nitrogen and oxygen atoms in total. The van der Waals surface area contributed by atoms with E-state index in [1.165, 1.54) is 31.2 Å². The minimum absolute atomic E-state index is 0.00646. The number of rotatable bonds is 4. The maximum atomic E-state index is 12.6. The second-order valence-electron chi connectivity index (χ2n) is 5.78. The van der Waals surface area contributed by atoms with E-state index in [-0.39, 0.29) is 43.0 Å². The summed E-state index contributed by atoms with van der Waals surface area (Å²) in [6, 6.07) is 7.52. The molecule has 1 N–H and O–H groups in total. The lowest BCUT2D eigenvalue weighted by atomic mass is 10.2. The van der Waals surface area contributed by atoms with Gasteiger partial charge in [-0.15, -0.1) is 0 Å². The molecule has 29 heavy (non-hydrogen) atoms. The normalized spacial score (nSPS) is 10.8. The Kier molecular flexibility index (Phi) is 5.90. The van der Waals surface area contributed by atoms with E-state index in [4.69, 9.17) is 46.4 Å². The van der Waals surface area contributed by atoms with Gasteiger partial charge in [-0.25, -0.2) is 4.68 Å². The number of nitrogens with one attached hydrogen (secondary N) is 1. The Balaban J connectivity index is 2.19. The molecule has 0 fully saturated rings. The number of nitro benzene ring substituents is 1. The van der Waals surface area contributed by atoms with Gasteiger partial charge in [0, 0.05) is 30.1 Å². The molecule has 0 atom stereocenters. The fraction of sp³-hybridized carbons (Fsp3) is 0.0588. The topological polar surface area (TPSA) is 101 Å². The third-order valence-corrected chi connectivity index (χ3v) is 4.96. The zero-order chi connectivity index (χ0) is 21.5. The SMILES string of the molecule is CC(=O)N(c1cc(=O)n(-c2c(Cl)cc(Cl)cc2Cl)[nH]1)c1cc([N+](=O)[O-])ccc1Cl. The standard InChI is InChI=1S/C17H10Cl4N4O4/c1-8(26)23(14-6-10(25(28)29)2-3-11(14)19)15-7-16(27)24(22-15)17-12(20)4-9(18)5-13(17)21/h2-7,22H,1H3. The zero-order valence-corrected chi connectivity index (χ0v) is 17.5. The highest BCUT2D eigenvalue weighted by Crippen LogP contribution is 2.35. The molecule has 3 aromatic rings. The number of non-ortho nitro benzene ring substituents is 1. The van der Waals surface area contributed by atoms with Gasteiger partial charge in [0.2, 0.25) is 5.91 Å². The molecule has 0 bridgehead atoms. The third kappa shape index (κ3) is 4.11. The number of nitrogens with zero attached hydrogens (tertiary/aromatic N) is 3. The van der Waals surface area contributed by atoms with E-state index in [0.29, 0.717) is 0 Å². The van der Waals surface area contributed by atoms with Crippen LogP contribution in [0.25, 0.3) is 5.69 Å². The monoisotopic (exact) mass is 474 g/mol. The van der Waals surface area contributed by atoms with Crippen LogP contribution in [0.3, 0.4) is 0 Å². The van der Waals surface area contributed by atoms with Crippen LogP contribution in [0.5, 0.6) is 0 Å². The van der Waals surface area contributed by atoms with Crippen LogP contribution in [0.4, 0.5) is 17.2 Å². The van der Waals surface area contributed by atoms with E-state index in [9.17, 15) is 19.7 Å². The van der Waals surface area contributed by atoms with Crippen LogP contribution in [0.2, 0.25) is 20.1 Å². The van der Waals surface area contributed by atoms with Crippen molar-refractivity contribution in [1.82, 2.24) is 9.78 Å². The fourth-order valence-electron chi connectivity index (χ4n) is 2.67. The van der Waals surface area contributed by atoms with Gasteiger partial charge in [0.05, 0.1) is 25.7 Å². The average Bonchev–Trinajstić information content (AvgIpc) is 2.96. The van der Waals surface area contributed by atoms with Gasteiger partial charge in [0.25, 0.3) is 11.2 Å². The second-order valence-corrected chi connectivity index (χ2v) is 7.44. The number of anilines is 2. The molecule has 1 aromatic heterocycles. The number of carbonyl (C=O) groups is 1. The molecular formula is C17H10Cl4N4O4. The maximum Gasteiger partial charge on any atom is 0.273 e. The minimum Gasteiger partial charge on any atom is -0.275 e. The largest absolute Gasteiger partial charge is 0.275 e. The summed E-state index contributed by atoms with van der Waals surface area (Å²) in [7, 11) is 0. The molecule has 0 aliphatic carbocycles. The van der Waals surface area contributed by atoms with Crippen LogP contribution in [-0.4, -0.2) is 20.6 Å². The first-order valence-electron chi connectivity index (χ1n) is 7.81. The van der Waals surface area contributed by atoms with Gasteiger partial charge in [-0.2, -0.15) is 0 Å². The number of hydrogen-bond acceptors (Lipinski definition) is 4. The summed E-state index contributed by atoms with van der Waals surface area (Å²) < 4.78 is 1.03. The molecular weight excluding hydrogens is 466 g/mol. The van der Waals surface area contributed by atoms with Gasteiger partial charge in [-0.05, 0) is 18.2 Å². The van der Waals surface area contributed by atoms with E-state index in [0.717, 1.165) is 21.7 Å². The van der Waals surface area contributed by atoms with Crippen molar-refractivity contribution < 1.29 is 9.72 Å². The Morgan fingerprint density at radius 2 is 1.69 bits per heavy atom. The highest BCUT2D eigenvalue weighted by Gasteiger charge is 2.24. The van der Waals surface area contributed by atoms with Gasteiger partial charge >= 0.3 is 0 Å². The number of nitro groups is 1. The lowest BCUT2D eigenvalue weighted by Crippen LogP contribution is -2.24. The lowest BCUT2D eigenvalue weighted by molar-refractivity contribution is -0.384. The molecule has 0 saturated carbocycles. The zero-order valence-electron chi connectivity index (χ0n) is 14.5. The molecule has 0 aliphatic heterocycles. The van der Waals surface area contributed by atoms with Gasteiger partial charge < -0.3 is 0 Å². The van der Waals surface area contributed by atoms with Gasteiger partial charge in [-0.1, -0.05) is 46.4 Å². The molecule has 3 rings (SSSR count). The summed E-state index contributed by atoms with van der Waals surface area (Å²) >= 11 is 24.4. The van der Waals surface area contributed by atoms with Crippen molar-refractivity contribution in [2.24, 2.45) is 0 Å². The van der Waals surface area contributed by atoms with Crippen molar-refractivity contribution in [3.63, 3.8) is 0 Å². The number of amides is 1. The second kappa shape index (κ2) is 8.08. The Labute approximate surface area is 183 Å². The van der Waals surface area contributed by atoms with Crippen LogP contribution in [0.1, 0.15) is 6.92 Å². The number of aromatic nitrogens is 2. The molecule has 2 aromatic carbocycles. The first kappa shape index (κ1) is 21.2. The molecule has 150 valence electrons. The minimum atomic E-state index is -0.626. The van der Waals surface area contributed by atoms with E-state index >= 15 is 0 Å². The van der Waals surface area contributed by atoms with Crippen molar-refractivity contribution in [3.05, 3.63) is 77.0 Å². The number of halogens is 4. The van der Waals surface area contributed by atoms with Crippen LogP contribution in [0, 0.1) is 10.1 Å². The van der Waals surface area contributed by atoms with Crippen molar-refractivity contribution in [3.8, 4) is 5.69 Å². The molecule has 12 heteroatoms. The van der Waals surface area contributed by atoms with Crippen LogP contribution in [0.15, 0.2) is 41.2 Å². The Morgan fingerprint density at radius 1 is 1.07 bits per heavy atom. The highest BCUT2D eigenvalue weighted by molar-refractivity contribution is 6.40. The lowest BCUT2D eigenvalue weighted by Gasteiger charge is -2.20. The first-order chi connectivity index (χ1) is 13.6. The van der Waals surface area contributed by atoms with Crippen molar-refractivity contribution >= 4 is 69.5 Å². The first-order valence-corrected chi connectivity index (χ1v) is 9.33. The summed E-state index contributed by atoms with van der Waals surface area (Å²) in [6.45, 7) is 1.22. The van der Waals surface area contributed by atoms with Gasteiger partial charge in [-0.3, -0.25) is 29.7 Å². The van der Waals surface area contributed by atoms with Gasteiger partial charge in [0.1, 0.15) is 11.5 Å². The summed E-state index contributed by atoms with van der Waals surface area (Å²) in [5.74, 6) is -0.541. The summed E-state index contributed by atoms with van der Waals surface area (Å²) in [5.41, 5.74) is -0.710. The van der Waals surface area contributed by atoms with Gasteiger partial charge in [0.15, 0.2) is 0 Å². The summed E-state index contributed by atoms with van der Waals surface area (Å²) in [5, 5.41) is 14.4. The number of carbonyl (C=O) groups excluding carboxylic acids is 1. The van der Waals surface area contributed by atoms with Crippen LogP contribution < -0.4 is 10.5 Å². The molecule has 0 unspecified atom stereocenters. The number of benzene rings is 2. The Morgan fingerprint density at radius 3 is 2.24 bits per heavy atom. The van der Waals surface area contributed by atoms with E-state index in [2.05, 4.69) is 5.10 Å². The quantitative estimate of drug-likeness (QED) is 0.404. The third-order valence-electron chi connectivity index (χ3n) is 3.85. The van der Waals surface area contributed by atoms with Crippen LogP contribution >= 0.6 is 46.4 Å². The number of aromatic amines is 1. The summed E-state index contributed by atoms with van der Waals surface area (Å²) in [4.78, 5) is 36.4. The smallest absolute Gasteiger partial charge is 0.273 e. The van der Waals surface area contributed by atoms with Crippen molar-refractivity contribution in [1.29, 1.82) is 0 Å². The fourth-order valence-corrected chi connectivity index (χ4v) is 3.86. The van der Waals surface area contributed by atoms with E-state index < -0.39 is 16.4 Å². The maximum absolute atomic E-state index is 12.6. The predicted octanol–water partition coefficient (Wildman–Crippen LogP) is 5.37. The Hall–Kier alpha value is -2.52. The van der Waals surface area contributed by atoms with Crippen LogP contribution in [-0.2, 0) is 4.79 Å². The van der Waals surface area contributed by atoms with E-state index in [1.54, 1.807) is 0 Å². The summed E-state index contributed by atoms with van der Waals surface area (Å²) in [6.07, 6.45) is 0. The molecule has 0 aliphatic rings. The Bertz CT molecular complexity index is 1180. The highest BCUT2D eigenvalue weighted by atomic mass is 35.5. The molecule has 0 radical (unpaired) electrons. The van der Waals surface area contributed by atoms with Crippen molar-refractivity contribution in [2.45, 2.75) is 6.92 Å². The van der Waals surface area contributed by atoms with E-state index in [1.807, 2.05) is 0 Å². The average molecular weight is 476 g/mol. The molecule has 1 heterocycles. The number of H-pyrrole nitrogens is 1. The molecule has 1 amide bonds. The number of hydrogen-bond donors (Lipinski definition) is 1. The predicted molar refractivity (Wildman–Crippen MR) is 112 cm³/mol.